The fraction of sp³-hybridized carbons (Fsp3) is 0.304. The highest BCUT2D eigenvalue weighted by molar-refractivity contribution is 6.19. The lowest BCUT2D eigenvalue weighted by molar-refractivity contribution is 0.651. The van der Waals surface area contributed by atoms with Crippen LogP contribution in [0.4, 0.5) is 0 Å². The molecule has 0 aliphatic carbocycles. The first-order valence-corrected chi connectivity index (χ1v) is 9.30. The molecule has 0 N–H and O–H groups in total. The van der Waals surface area contributed by atoms with E-state index in [-0.39, 0.29) is 0 Å². The second-order valence-electron chi connectivity index (χ2n) is 6.65. The Hall–Kier alpha value is -2.68. The van der Waals surface area contributed by atoms with Crippen molar-refractivity contribution in [2.75, 3.05) is 0 Å². The van der Waals surface area contributed by atoms with E-state index in [1.807, 2.05) is 13.0 Å². The number of allylic oxidation sites excluding steroid dienone is 2. The highest BCUT2D eigenvalue weighted by atomic mass is 16.3. The van der Waals surface area contributed by atoms with Gasteiger partial charge in [-0.2, -0.15) is 0 Å². The van der Waals surface area contributed by atoms with Crippen molar-refractivity contribution < 1.29 is 4.42 Å². The highest BCUT2D eigenvalue weighted by Gasteiger charge is 2.18. The van der Waals surface area contributed by atoms with Gasteiger partial charge in [0.25, 0.3) is 0 Å². The van der Waals surface area contributed by atoms with Crippen molar-refractivity contribution in [1.82, 2.24) is 4.98 Å². The third-order valence-corrected chi connectivity index (χ3v) is 4.52. The van der Waals surface area contributed by atoms with Gasteiger partial charge in [0.15, 0.2) is 0 Å². The predicted octanol–water partition coefficient (Wildman–Crippen LogP) is 6.53. The maximum Gasteiger partial charge on any atom is 0.227 e. The molecular formula is C23H26N2O. The van der Waals surface area contributed by atoms with Crippen LogP contribution in [0.2, 0.25) is 0 Å². The van der Waals surface area contributed by atoms with Crippen molar-refractivity contribution in [2.24, 2.45) is 4.99 Å². The van der Waals surface area contributed by atoms with Crippen molar-refractivity contribution >= 4 is 27.8 Å². The van der Waals surface area contributed by atoms with E-state index in [1.54, 1.807) is 6.08 Å². The minimum absolute atomic E-state index is 0.672. The topological polar surface area (TPSA) is 38.4 Å². The SMILES string of the molecule is C=CC(=NC(=C)CCC)c1c(CCC)ccc2c1oc1nc(C)ccc12. The van der Waals surface area contributed by atoms with Crippen molar-refractivity contribution in [3.8, 4) is 0 Å². The lowest BCUT2D eigenvalue weighted by Gasteiger charge is -2.10. The molecule has 0 amide bonds. The molecule has 0 radical (unpaired) electrons. The molecule has 0 bridgehead atoms. The molecule has 26 heavy (non-hydrogen) atoms. The second-order valence-corrected chi connectivity index (χ2v) is 6.65. The summed E-state index contributed by atoms with van der Waals surface area (Å²) in [5.41, 5.74) is 6.39. The zero-order valence-electron chi connectivity index (χ0n) is 15.9. The number of furan rings is 1. The van der Waals surface area contributed by atoms with Gasteiger partial charge in [-0.1, -0.05) is 52.0 Å². The summed E-state index contributed by atoms with van der Waals surface area (Å²) in [4.78, 5) is 9.31. The first-order chi connectivity index (χ1) is 12.6. The van der Waals surface area contributed by atoms with E-state index >= 15 is 0 Å². The molecule has 0 aliphatic rings. The standard InChI is InChI=1S/C23H26N2O/c1-6-9-15(4)24-20(8-3)21-17(10-7-2)12-14-18-19-13-11-16(5)25-23(19)26-22(18)21/h8,11-14H,3-4,6-7,9-10H2,1-2,5H3. The van der Waals surface area contributed by atoms with Crippen molar-refractivity contribution in [3.05, 3.63) is 66.0 Å². The Kier molecular flexibility index (Phi) is 5.36. The van der Waals surface area contributed by atoms with Gasteiger partial charge in [-0.05, 0) is 43.5 Å². The van der Waals surface area contributed by atoms with Gasteiger partial charge < -0.3 is 4.42 Å². The van der Waals surface area contributed by atoms with Crippen LogP contribution in [0.25, 0.3) is 22.1 Å². The van der Waals surface area contributed by atoms with E-state index in [2.05, 4.69) is 50.2 Å². The van der Waals surface area contributed by atoms with Crippen LogP contribution in [0.15, 0.2) is 58.6 Å². The Morgan fingerprint density at radius 1 is 1.15 bits per heavy atom. The number of pyridine rings is 1. The summed E-state index contributed by atoms with van der Waals surface area (Å²) in [5.74, 6) is 0. The Morgan fingerprint density at radius 2 is 1.92 bits per heavy atom. The molecular weight excluding hydrogens is 320 g/mol. The van der Waals surface area contributed by atoms with E-state index in [0.717, 1.165) is 64.7 Å². The largest absolute Gasteiger partial charge is 0.437 e. The van der Waals surface area contributed by atoms with Gasteiger partial charge in [0.1, 0.15) is 5.58 Å². The molecule has 0 saturated carbocycles. The molecule has 0 unspecified atom stereocenters. The van der Waals surface area contributed by atoms with Crippen LogP contribution < -0.4 is 0 Å². The Morgan fingerprint density at radius 3 is 2.62 bits per heavy atom. The zero-order chi connectivity index (χ0) is 18.7. The summed E-state index contributed by atoms with van der Waals surface area (Å²) in [7, 11) is 0. The third kappa shape index (κ3) is 3.34. The average molecular weight is 346 g/mol. The van der Waals surface area contributed by atoms with E-state index in [9.17, 15) is 0 Å². The smallest absolute Gasteiger partial charge is 0.227 e. The summed E-state index contributed by atoms with van der Waals surface area (Å²) < 4.78 is 6.21. The minimum atomic E-state index is 0.672. The summed E-state index contributed by atoms with van der Waals surface area (Å²) in [6.45, 7) is 14.4. The lowest BCUT2D eigenvalue weighted by Crippen LogP contribution is -2.04. The van der Waals surface area contributed by atoms with Gasteiger partial charge in [-0.15, -0.1) is 0 Å². The molecule has 0 fully saturated rings. The monoisotopic (exact) mass is 346 g/mol. The lowest BCUT2D eigenvalue weighted by atomic mass is 9.96. The van der Waals surface area contributed by atoms with E-state index in [0.29, 0.717) is 5.71 Å². The molecule has 0 saturated heterocycles. The van der Waals surface area contributed by atoms with Crippen molar-refractivity contribution in [1.29, 1.82) is 0 Å². The number of benzene rings is 1. The molecule has 2 aromatic heterocycles. The fourth-order valence-electron chi connectivity index (χ4n) is 3.33. The van der Waals surface area contributed by atoms with Gasteiger partial charge in [0.2, 0.25) is 5.71 Å². The molecule has 3 nitrogen and oxygen atoms in total. The molecule has 3 rings (SSSR count). The van der Waals surface area contributed by atoms with Crippen molar-refractivity contribution in [2.45, 2.75) is 46.5 Å². The number of hydrogen-bond donors (Lipinski definition) is 0. The number of aryl methyl sites for hydroxylation is 2. The first kappa shape index (κ1) is 18.1. The maximum atomic E-state index is 6.21. The van der Waals surface area contributed by atoms with Gasteiger partial charge in [-0.25, -0.2) is 4.98 Å². The van der Waals surface area contributed by atoms with Crippen LogP contribution in [0.5, 0.6) is 0 Å². The second kappa shape index (κ2) is 7.69. The predicted molar refractivity (Wildman–Crippen MR) is 111 cm³/mol. The number of aromatic nitrogens is 1. The van der Waals surface area contributed by atoms with Gasteiger partial charge in [0, 0.05) is 27.7 Å². The van der Waals surface area contributed by atoms with Gasteiger partial charge in [-0.3, -0.25) is 4.99 Å². The zero-order valence-corrected chi connectivity index (χ0v) is 15.9. The number of rotatable bonds is 7. The molecule has 0 aliphatic heterocycles. The van der Waals surface area contributed by atoms with E-state index < -0.39 is 0 Å². The van der Waals surface area contributed by atoms with E-state index in [4.69, 9.17) is 9.41 Å². The maximum absolute atomic E-state index is 6.21. The molecule has 1 aromatic carbocycles. The molecule has 3 aromatic rings. The third-order valence-electron chi connectivity index (χ3n) is 4.52. The summed E-state index contributed by atoms with van der Waals surface area (Å²) in [6.07, 6.45) is 5.71. The number of hydrogen-bond acceptors (Lipinski definition) is 3. The Labute approximate surface area is 155 Å². The van der Waals surface area contributed by atoms with Crippen LogP contribution in [0.1, 0.15) is 49.9 Å². The molecule has 3 heteroatoms. The molecule has 0 atom stereocenters. The average Bonchev–Trinajstić information content (AvgIpc) is 2.97. The Balaban J connectivity index is 2.32. The highest BCUT2D eigenvalue weighted by Crippen LogP contribution is 2.33. The van der Waals surface area contributed by atoms with Crippen LogP contribution in [-0.4, -0.2) is 10.7 Å². The molecule has 0 spiro atoms. The van der Waals surface area contributed by atoms with Crippen LogP contribution in [0.3, 0.4) is 0 Å². The van der Waals surface area contributed by atoms with Crippen LogP contribution in [-0.2, 0) is 6.42 Å². The number of aliphatic imine (C=N–C) groups is 1. The van der Waals surface area contributed by atoms with E-state index in [1.165, 1.54) is 5.56 Å². The molecule has 134 valence electrons. The van der Waals surface area contributed by atoms with Crippen LogP contribution >= 0.6 is 0 Å². The van der Waals surface area contributed by atoms with Crippen LogP contribution in [0, 0.1) is 6.92 Å². The first-order valence-electron chi connectivity index (χ1n) is 9.30. The quantitative estimate of drug-likeness (QED) is 0.456. The summed E-state index contributed by atoms with van der Waals surface area (Å²) in [6, 6.07) is 8.40. The summed E-state index contributed by atoms with van der Waals surface area (Å²) in [5, 5.41) is 2.10. The van der Waals surface area contributed by atoms with Gasteiger partial charge in [0.05, 0.1) is 5.71 Å². The molecule has 2 heterocycles. The Bertz CT molecular complexity index is 1010. The number of fused-ring (bicyclic) bond motifs is 3. The minimum Gasteiger partial charge on any atom is -0.437 e. The van der Waals surface area contributed by atoms with Crippen molar-refractivity contribution in [3.63, 3.8) is 0 Å². The number of nitrogens with zero attached hydrogens (tertiary/aromatic N) is 2. The normalized spacial score (nSPS) is 12.0. The summed E-state index contributed by atoms with van der Waals surface area (Å²) >= 11 is 0. The van der Waals surface area contributed by atoms with Gasteiger partial charge >= 0.3 is 0 Å². The fourth-order valence-corrected chi connectivity index (χ4v) is 3.33.